The third kappa shape index (κ3) is 6.44. The molecule has 1 saturated heterocycles. The summed E-state index contributed by atoms with van der Waals surface area (Å²) in [5, 5.41) is 5.01. The van der Waals surface area contributed by atoms with Crippen LogP contribution in [-0.2, 0) is 9.53 Å². The monoisotopic (exact) mass is 422 g/mol. The summed E-state index contributed by atoms with van der Waals surface area (Å²) in [6.07, 6.45) is 6.47. The number of esters is 1. The Hall–Kier alpha value is -1.67. The van der Waals surface area contributed by atoms with E-state index in [0.717, 1.165) is 37.2 Å². The highest BCUT2D eigenvalue weighted by atomic mass is 32.2. The number of thioether (sulfide) groups is 2. The van der Waals surface area contributed by atoms with E-state index in [-0.39, 0.29) is 6.04 Å². The summed E-state index contributed by atoms with van der Waals surface area (Å²) < 4.78 is 5.43. The predicted octanol–water partition coefficient (Wildman–Crippen LogP) is 3.87. The number of hydrogen-bond donors (Lipinski definition) is 2. The zero-order valence-corrected chi connectivity index (χ0v) is 17.4. The Morgan fingerprint density at radius 2 is 1.64 bits per heavy atom. The highest BCUT2D eigenvalue weighted by Gasteiger charge is 2.19. The van der Waals surface area contributed by atoms with Crippen molar-refractivity contribution in [2.75, 3.05) is 18.1 Å². The number of carbonyl (C=O) groups is 3. The van der Waals surface area contributed by atoms with Crippen molar-refractivity contribution in [3.8, 4) is 0 Å². The third-order valence-corrected chi connectivity index (χ3v) is 7.79. The topological polar surface area (TPSA) is 84.5 Å². The first-order valence-corrected chi connectivity index (χ1v) is 11.8. The highest BCUT2D eigenvalue weighted by molar-refractivity contribution is 8.16. The van der Waals surface area contributed by atoms with Crippen LogP contribution in [0.25, 0.3) is 0 Å². The minimum absolute atomic E-state index is 0.114. The van der Waals surface area contributed by atoms with Crippen molar-refractivity contribution in [2.24, 2.45) is 0 Å². The Morgan fingerprint density at radius 3 is 2.32 bits per heavy atom. The van der Waals surface area contributed by atoms with Gasteiger partial charge in [-0.2, -0.15) is 0 Å². The highest BCUT2D eigenvalue weighted by Crippen LogP contribution is 2.43. The van der Waals surface area contributed by atoms with Crippen LogP contribution in [-0.4, -0.2) is 42.1 Å². The largest absolute Gasteiger partial charge is 0.452 e. The zero-order chi connectivity index (χ0) is 19.8. The second-order valence-corrected chi connectivity index (χ2v) is 9.71. The van der Waals surface area contributed by atoms with E-state index in [1.807, 2.05) is 35.7 Å². The summed E-state index contributed by atoms with van der Waals surface area (Å²) in [6.45, 7) is -0.479. The van der Waals surface area contributed by atoms with E-state index in [4.69, 9.17) is 4.74 Å². The SMILES string of the molecule is O=C(COC(=O)c1ccc(C2SCCCS2)cc1)NC(=O)NC1CCCCC1. The van der Waals surface area contributed by atoms with Crippen LogP contribution in [0.1, 0.15) is 59.0 Å². The molecule has 0 bridgehead atoms. The van der Waals surface area contributed by atoms with Crippen LogP contribution in [0.2, 0.25) is 0 Å². The number of rotatable bonds is 5. The van der Waals surface area contributed by atoms with Gasteiger partial charge in [-0.25, -0.2) is 9.59 Å². The van der Waals surface area contributed by atoms with Crippen LogP contribution in [0.3, 0.4) is 0 Å². The lowest BCUT2D eigenvalue weighted by Crippen LogP contribution is -2.46. The minimum Gasteiger partial charge on any atom is -0.452 e. The molecular weight excluding hydrogens is 396 g/mol. The van der Waals surface area contributed by atoms with E-state index < -0.39 is 24.5 Å². The molecule has 1 heterocycles. The number of nitrogens with one attached hydrogen (secondary N) is 2. The van der Waals surface area contributed by atoms with Gasteiger partial charge in [0.25, 0.3) is 5.91 Å². The van der Waals surface area contributed by atoms with E-state index >= 15 is 0 Å². The Morgan fingerprint density at radius 1 is 0.964 bits per heavy atom. The smallest absolute Gasteiger partial charge is 0.338 e. The van der Waals surface area contributed by atoms with Gasteiger partial charge in [-0.05, 0) is 48.5 Å². The van der Waals surface area contributed by atoms with Gasteiger partial charge in [-0.3, -0.25) is 10.1 Å². The van der Waals surface area contributed by atoms with Crippen molar-refractivity contribution >= 4 is 41.4 Å². The van der Waals surface area contributed by atoms with Gasteiger partial charge in [0, 0.05) is 6.04 Å². The Bertz CT molecular complexity index is 684. The molecule has 152 valence electrons. The molecule has 3 rings (SSSR count). The fourth-order valence-corrected chi connectivity index (χ4v) is 6.20. The first-order chi connectivity index (χ1) is 13.6. The number of benzene rings is 1. The maximum absolute atomic E-state index is 12.1. The number of imide groups is 1. The van der Waals surface area contributed by atoms with Crippen molar-refractivity contribution in [2.45, 2.75) is 49.1 Å². The molecule has 28 heavy (non-hydrogen) atoms. The molecule has 0 atom stereocenters. The molecule has 1 aromatic carbocycles. The molecule has 1 aliphatic carbocycles. The lowest BCUT2D eigenvalue weighted by molar-refractivity contribution is -0.123. The van der Waals surface area contributed by atoms with Crippen LogP contribution in [0, 0.1) is 0 Å². The lowest BCUT2D eigenvalue weighted by atomic mass is 9.96. The molecule has 3 amide bonds. The van der Waals surface area contributed by atoms with Crippen LogP contribution >= 0.6 is 23.5 Å². The van der Waals surface area contributed by atoms with Crippen molar-refractivity contribution in [3.05, 3.63) is 35.4 Å². The fraction of sp³-hybridized carbons (Fsp3) is 0.550. The second-order valence-electron chi connectivity index (χ2n) is 6.98. The van der Waals surface area contributed by atoms with Gasteiger partial charge < -0.3 is 10.1 Å². The molecule has 1 saturated carbocycles. The number of amides is 3. The van der Waals surface area contributed by atoms with Crippen LogP contribution in [0.4, 0.5) is 4.79 Å². The van der Waals surface area contributed by atoms with E-state index in [0.29, 0.717) is 10.1 Å². The average molecular weight is 423 g/mol. The third-order valence-electron chi connectivity index (χ3n) is 4.77. The van der Waals surface area contributed by atoms with Gasteiger partial charge >= 0.3 is 12.0 Å². The van der Waals surface area contributed by atoms with E-state index in [2.05, 4.69) is 10.6 Å². The zero-order valence-electron chi connectivity index (χ0n) is 15.8. The normalized spacial score (nSPS) is 18.3. The maximum Gasteiger partial charge on any atom is 0.338 e. The summed E-state index contributed by atoms with van der Waals surface area (Å²) in [7, 11) is 0. The summed E-state index contributed by atoms with van der Waals surface area (Å²) in [6, 6.07) is 6.90. The number of hydrogen-bond acceptors (Lipinski definition) is 6. The van der Waals surface area contributed by atoms with Crippen molar-refractivity contribution in [3.63, 3.8) is 0 Å². The molecular formula is C20H26N2O4S2. The average Bonchev–Trinajstić information content (AvgIpc) is 2.73. The van der Waals surface area contributed by atoms with Crippen molar-refractivity contribution in [1.29, 1.82) is 0 Å². The molecule has 0 unspecified atom stereocenters. The van der Waals surface area contributed by atoms with Gasteiger partial charge in [0.2, 0.25) is 0 Å². The first-order valence-electron chi connectivity index (χ1n) is 9.72. The summed E-state index contributed by atoms with van der Waals surface area (Å²) >= 11 is 3.84. The summed E-state index contributed by atoms with van der Waals surface area (Å²) in [5.74, 6) is 1.11. The summed E-state index contributed by atoms with van der Waals surface area (Å²) in [5.41, 5.74) is 1.58. The first kappa shape index (κ1) is 21.0. The Balaban J connectivity index is 1.40. The van der Waals surface area contributed by atoms with Crippen LogP contribution in [0.5, 0.6) is 0 Å². The molecule has 2 fully saturated rings. The lowest BCUT2D eigenvalue weighted by Gasteiger charge is -2.22. The van der Waals surface area contributed by atoms with E-state index in [1.165, 1.54) is 18.4 Å². The Labute approximate surface area is 173 Å². The van der Waals surface area contributed by atoms with Gasteiger partial charge in [-0.15, -0.1) is 23.5 Å². The van der Waals surface area contributed by atoms with Gasteiger partial charge in [0.05, 0.1) is 10.1 Å². The Kier molecular flexibility index (Phi) is 8.09. The van der Waals surface area contributed by atoms with Crippen molar-refractivity contribution < 1.29 is 19.1 Å². The van der Waals surface area contributed by atoms with Crippen LogP contribution < -0.4 is 10.6 Å². The molecule has 0 spiro atoms. The van der Waals surface area contributed by atoms with Crippen molar-refractivity contribution in [1.82, 2.24) is 10.6 Å². The molecule has 6 nitrogen and oxygen atoms in total. The molecule has 1 aliphatic heterocycles. The van der Waals surface area contributed by atoms with E-state index in [9.17, 15) is 14.4 Å². The number of urea groups is 1. The van der Waals surface area contributed by atoms with Crippen LogP contribution in [0.15, 0.2) is 24.3 Å². The molecule has 2 N–H and O–H groups in total. The molecule has 1 aromatic rings. The maximum atomic E-state index is 12.1. The molecule has 2 aliphatic rings. The summed E-state index contributed by atoms with van der Waals surface area (Å²) in [4.78, 5) is 35.8. The minimum atomic E-state index is -0.631. The number of ether oxygens (including phenoxy) is 1. The predicted molar refractivity (Wildman–Crippen MR) is 113 cm³/mol. The standard InChI is InChI=1S/C20H26N2O4S2/c23-17(22-20(25)21-16-5-2-1-3-6-16)13-26-18(24)14-7-9-15(10-8-14)19-27-11-4-12-28-19/h7-10,16,19H,1-6,11-13H2,(H2,21,22,23,25). The van der Waals surface area contributed by atoms with Gasteiger partial charge in [0.1, 0.15) is 0 Å². The molecule has 0 radical (unpaired) electrons. The quantitative estimate of drug-likeness (QED) is 0.701. The number of carbonyl (C=O) groups excluding carboxylic acids is 3. The molecule has 0 aromatic heterocycles. The molecule has 8 heteroatoms. The van der Waals surface area contributed by atoms with Gasteiger partial charge in [0.15, 0.2) is 6.61 Å². The van der Waals surface area contributed by atoms with Gasteiger partial charge in [-0.1, -0.05) is 31.4 Å². The fourth-order valence-electron chi connectivity index (χ4n) is 3.30. The van der Waals surface area contributed by atoms with E-state index in [1.54, 1.807) is 12.1 Å². The second kappa shape index (κ2) is 10.8.